The Balaban J connectivity index is 1.45. The average Bonchev–Trinajstić information content (AvgIpc) is 3.46. The number of anilines is 1. The number of H-pyrrole nitrogens is 1. The number of hydrogen-bond donors (Lipinski definition) is 3. The molecule has 9 nitrogen and oxygen atoms in total. The number of imidazole rings is 1. The first-order valence-electron chi connectivity index (χ1n) is 8.96. The molecule has 5 aromatic rings. The fourth-order valence-corrected chi connectivity index (χ4v) is 4.13. The lowest BCUT2D eigenvalue weighted by Gasteiger charge is -2.07. The standard InChI is InChI=1S/C19H15ClN8OS/c20-12-1-10-3-13(4-23-19(29)14-5-22-9-30-14)27-15(10)11(2-12)6-28-8-26-16-17(21)24-7-25-18(16)28/h1-3,5,7-9,27H,4,6H2,(H,23,29)(H2,21,24,25). The van der Waals surface area contributed by atoms with E-state index >= 15 is 0 Å². The van der Waals surface area contributed by atoms with Gasteiger partial charge < -0.3 is 20.6 Å². The predicted molar refractivity (Wildman–Crippen MR) is 115 cm³/mol. The molecule has 0 spiro atoms. The third-order valence-corrected chi connectivity index (χ3v) is 5.69. The Bertz CT molecular complexity index is 1370. The minimum Gasteiger partial charge on any atom is -0.382 e. The van der Waals surface area contributed by atoms with Crippen molar-refractivity contribution in [3.8, 4) is 0 Å². The number of nitrogens with two attached hydrogens (primary N) is 1. The van der Waals surface area contributed by atoms with E-state index in [1.54, 1.807) is 18.0 Å². The number of rotatable bonds is 5. The molecule has 0 radical (unpaired) electrons. The Morgan fingerprint density at radius 3 is 3.00 bits per heavy atom. The molecule has 4 aromatic heterocycles. The largest absolute Gasteiger partial charge is 0.382 e. The smallest absolute Gasteiger partial charge is 0.263 e. The average molecular weight is 439 g/mol. The van der Waals surface area contributed by atoms with E-state index in [4.69, 9.17) is 17.3 Å². The van der Waals surface area contributed by atoms with E-state index < -0.39 is 0 Å². The van der Waals surface area contributed by atoms with E-state index in [2.05, 4.69) is 30.2 Å². The van der Waals surface area contributed by atoms with Gasteiger partial charge in [0.2, 0.25) is 0 Å². The highest BCUT2D eigenvalue weighted by Gasteiger charge is 2.13. The van der Waals surface area contributed by atoms with Crippen LogP contribution in [0.2, 0.25) is 5.02 Å². The van der Waals surface area contributed by atoms with Crippen LogP contribution in [0.15, 0.2) is 42.6 Å². The van der Waals surface area contributed by atoms with Crippen molar-refractivity contribution in [2.75, 3.05) is 5.73 Å². The van der Waals surface area contributed by atoms with Crippen molar-refractivity contribution in [3.05, 3.63) is 63.7 Å². The second-order valence-corrected chi connectivity index (χ2v) is 8.00. The lowest BCUT2D eigenvalue weighted by atomic mass is 10.1. The van der Waals surface area contributed by atoms with Crippen molar-refractivity contribution in [1.29, 1.82) is 0 Å². The Morgan fingerprint density at radius 1 is 1.27 bits per heavy atom. The first-order chi connectivity index (χ1) is 14.6. The molecular formula is C19H15ClN8OS. The van der Waals surface area contributed by atoms with Crippen molar-refractivity contribution in [1.82, 2.24) is 34.8 Å². The molecular weight excluding hydrogens is 424 g/mol. The highest BCUT2D eigenvalue weighted by atomic mass is 35.5. The summed E-state index contributed by atoms with van der Waals surface area (Å²) in [6.45, 7) is 0.859. The second kappa shape index (κ2) is 7.39. The van der Waals surface area contributed by atoms with Gasteiger partial charge in [0, 0.05) is 16.1 Å². The minimum absolute atomic E-state index is 0.156. The third kappa shape index (κ3) is 3.36. The molecule has 1 amide bonds. The molecule has 150 valence electrons. The number of fused-ring (bicyclic) bond motifs is 2. The van der Waals surface area contributed by atoms with Crippen LogP contribution < -0.4 is 11.1 Å². The summed E-state index contributed by atoms with van der Waals surface area (Å²) in [4.78, 5) is 32.6. The number of carbonyl (C=O) groups is 1. The topological polar surface area (TPSA) is 127 Å². The van der Waals surface area contributed by atoms with Gasteiger partial charge in [-0.2, -0.15) is 0 Å². The van der Waals surface area contributed by atoms with Crippen LogP contribution in [-0.2, 0) is 13.1 Å². The van der Waals surface area contributed by atoms with Gasteiger partial charge in [-0.15, -0.1) is 11.3 Å². The molecule has 0 atom stereocenters. The number of amides is 1. The van der Waals surface area contributed by atoms with Crippen LogP contribution in [0.5, 0.6) is 0 Å². The molecule has 0 unspecified atom stereocenters. The number of aromatic nitrogens is 6. The molecule has 0 fully saturated rings. The maximum atomic E-state index is 12.2. The summed E-state index contributed by atoms with van der Waals surface area (Å²) in [5, 5.41) is 4.47. The van der Waals surface area contributed by atoms with Gasteiger partial charge in [-0.1, -0.05) is 11.6 Å². The first kappa shape index (κ1) is 18.5. The zero-order chi connectivity index (χ0) is 20.7. The van der Waals surface area contributed by atoms with Crippen LogP contribution in [-0.4, -0.2) is 35.4 Å². The fourth-order valence-electron chi connectivity index (χ4n) is 3.35. The molecule has 0 saturated carbocycles. The van der Waals surface area contributed by atoms with E-state index in [9.17, 15) is 4.79 Å². The summed E-state index contributed by atoms with van der Waals surface area (Å²) >= 11 is 7.65. The van der Waals surface area contributed by atoms with Gasteiger partial charge in [0.1, 0.15) is 16.7 Å². The molecule has 4 heterocycles. The highest BCUT2D eigenvalue weighted by molar-refractivity contribution is 7.11. The monoisotopic (exact) mass is 438 g/mol. The Morgan fingerprint density at radius 2 is 2.17 bits per heavy atom. The number of nitrogens with one attached hydrogen (secondary N) is 2. The number of carbonyl (C=O) groups excluding carboxylic acids is 1. The van der Waals surface area contributed by atoms with Gasteiger partial charge in [-0.25, -0.2) is 15.0 Å². The van der Waals surface area contributed by atoms with E-state index in [1.165, 1.54) is 17.7 Å². The maximum Gasteiger partial charge on any atom is 0.263 e. The number of thiazole rings is 1. The van der Waals surface area contributed by atoms with Gasteiger partial charge >= 0.3 is 0 Å². The van der Waals surface area contributed by atoms with E-state index in [0.29, 0.717) is 40.0 Å². The summed E-state index contributed by atoms with van der Waals surface area (Å²) in [6.07, 6.45) is 4.65. The maximum absolute atomic E-state index is 12.2. The molecule has 0 aliphatic carbocycles. The van der Waals surface area contributed by atoms with Crippen LogP contribution in [0, 0.1) is 0 Å². The summed E-state index contributed by atoms with van der Waals surface area (Å²) < 4.78 is 1.89. The van der Waals surface area contributed by atoms with Crippen molar-refractivity contribution < 1.29 is 4.79 Å². The van der Waals surface area contributed by atoms with Crippen LogP contribution in [0.4, 0.5) is 5.82 Å². The Labute approximate surface area is 179 Å². The quantitative estimate of drug-likeness (QED) is 0.387. The van der Waals surface area contributed by atoms with Crippen molar-refractivity contribution in [2.24, 2.45) is 0 Å². The van der Waals surface area contributed by atoms with E-state index in [-0.39, 0.29) is 5.91 Å². The number of aromatic amines is 1. The lowest BCUT2D eigenvalue weighted by molar-refractivity contribution is 0.0954. The van der Waals surface area contributed by atoms with Gasteiger partial charge in [-0.3, -0.25) is 9.78 Å². The van der Waals surface area contributed by atoms with Crippen molar-refractivity contribution in [3.63, 3.8) is 0 Å². The number of nitrogens with zero attached hydrogens (tertiary/aromatic N) is 5. The zero-order valence-corrected chi connectivity index (χ0v) is 17.0. The van der Waals surface area contributed by atoms with E-state index in [1.807, 2.05) is 22.8 Å². The SMILES string of the molecule is Nc1ncnc2c1ncn2Cc1cc(Cl)cc2cc(CNC(=O)c3cncs3)[nH]c12. The molecule has 5 rings (SSSR count). The van der Waals surface area contributed by atoms with Crippen LogP contribution >= 0.6 is 22.9 Å². The minimum atomic E-state index is -0.156. The third-order valence-electron chi connectivity index (χ3n) is 4.70. The summed E-state index contributed by atoms with van der Waals surface area (Å²) in [7, 11) is 0. The fraction of sp³-hybridized carbons (Fsp3) is 0.105. The van der Waals surface area contributed by atoms with Gasteiger partial charge in [-0.05, 0) is 23.8 Å². The second-order valence-electron chi connectivity index (χ2n) is 6.68. The van der Waals surface area contributed by atoms with Gasteiger partial charge in [0.25, 0.3) is 5.91 Å². The lowest BCUT2D eigenvalue weighted by Crippen LogP contribution is -2.21. The summed E-state index contributed by atoms with van der Waals surface area (Å²) in [6, 6.07) is 5.76. The van der Waals surface area contributed by atoms with Crippen molar-refractivity contribution >= 4 is 56.7 Å². The first-order valence-corrected chi connectivity index (χ1v) is 10.2. The molecule has 4 N–H and O–H groups in total. The van der Waals surface area contributed by atoms with Crippen molar-refractivity contribution in [2.45, 2.75) is 13.1 Å². The molecule has 30 heavy (non-hydrogen) atoms. The number of halogens is 1. The number of hydrogen-bond acceptors (Lipinski definition) is 7. The molecule has 11 heteroatoms. The van der Waals surface area contributed by atoms with Crippen LogP contribution in [0.3, 0.4) is 0 Å². The number of benzene rings is 1. The molecule has 0 aliphatic rings. The molecule has 1 aromatic carbocycles. The predicted octanol–water partition coefficient (Wildman–Crippen LogP) is 2.98. The summed E-state index contributed by atoms with van der Waals surface area (Å²) in [5.41, 5.74) is 11.5. The molecule has 0 aliphatic heterocycles. The Kier molecular flexibility index (Phi) is 4.57. The van der Waals surface area contributed by atoms with Crippen LogP contribution in [0.1, 0.15) is 20.9 Å². The van der Waals surface area contributed by atoms with E-state index in [0.717, 1.165) is 22.2 Å². The van der Waals surface area contributed by atoms with Gasteiger partial charge in [0.15, 0.2) is 11.5 Å². The summed E-state index contributed by atoms with van der Waals surface area (Å²) in [5.74, 6) is 0.186. The highest BCUT2D eigenvalue weighted by Crippen LogP contribution is 2.26. The van der Waals surface area contributed by atoms with Gasteiger partial charge in [0.05, 0.1) is 36.6 Å². The molecule has 0 saturated heterocycles. The normalized spacial score (nSPS) is 11.4. The number of nitrogen functional groups attached to an aromatic ring is 1. The zero-order valence-electron chi connectivity index (χ0n) is 15.5. The van der Waals surface area contributed by atoms with Crippen LogP contribution in [0.25, 0.3) is 22.1 Å². The molecule has 0 bridgehead atoms. The Hall–Kier alpha value is -3.50.